The van der Waals surface area contributed by atoms with Gasteiger partial charge in [-0.1, -0.05) is 26.7 Å². The Labute approximate surface area is 116 Å². The van der Waals surface area contributed by atoms with Gasteiger partial charge in [0.25, 0.3) is 0 Å². The molecule has 0 aliphatic rings. The average molecular weight is 265 g/mol. The molecular weight excluding hydrogens is 238 g/mol. The van der Waals surface area contributed by atoms with Gasteiger partial charge in [0.15, 0.2) is 5.96 Å². The summed E-state index contributed by atoms with van der Waals surface area (Å²) in [6.45, 7) is 6.34. The fourth-order valence-electron chi connectivity index (χ4n) is 1.86. The van der Waals surface area contributed by atoms with Crippen LogP contribution in [0.15, 0.2) is 27.8 Å². The maximum Gasteiger partial charge on any atom is 0.190 e. The number of nitrogens with zero attached hydrogens (tertiary/aromatic N) is 1. The summed E-state index contributed by atoms with van der Waals surface area (Å²) < 4.78 is 5.28. The second-order valence-corrected chi connectivity index (χ2v) is 5.14. The Morgan fingerprint density at radius 3 is 2.68 bits per heavy atom. The molecule has 0 atom stereocenters. The normalized spacial score (nSPS) is 11.9. The molecule has 0 fully saturated rings. The van der Waals surface area contributed by atoms with Crippen LogP contribution in [0.5, 0.6) is 0 Å². The highest BCUT2D eigenvalue weighted by molar-refractivity contribution is 5.79. The Bertz CT molecular complexity index is 344. The zero-order chi connectivity index (χ0) is 13.9. The second kappa shape index (κ2) is 9.48. The molecule has 1 heterocycles. The van der Waals surface area contributed by atoms with E-state index in [1.807, 2.05) is 12.1 Å². The van der Waals surface area contributed by atoms with Crippen molar-refractivity contribution in [3.8, 4) is 0 Å². The van der Waals surface area contributed by atoms with E-state index in [0.717, 1.165) is 37.1 Å². The van der Waals surface area contributed by atoms with Gasteiger partial charge in [0.1, 0.15) is 5.76 Å². The van der Waals surface area contributed by atoms with Gasteiger partial charge in [-0.15, -0.1) is 0 Å². The van der Waals surface area contributed by atoms with E-state index in [1.54, 1.807) is 13.3 Å². The summed E-state index contributed by atoms with van der Waals surface area (Å²) in [5.41, 5.74) is 0. The number of hydrogen-bond donors (Lipinski definition) is 2. The van der Waals surface area contributed by atoms with Gasteiger partial charge in [-0.05, 0) is 24.5 Å². The number of aliphatic imine (C=N–C) groups is 1. The molecule has 0 bridgehead atoms. The Balaban J connectivity index is 2.06. The van der Waals surface area contributed by atoms with E-state index >= 15 is 0 Å². The van der Waals surface area contributed by atoms with Gasteiger partial charge >= 0.3 is 0 Å². The van der Waals surface area contributed by atoms with E-state index in [2.05, 4.69) is 29.5 Å². The van der Waals surface area contributed by atoms with Crippen molar-refractivity contribution >= 4 is 5.96 Å². The minimum atomic E-state index is 0.797. The topological polar surface area (TPSA) is 49.6 Å². The predicted molar refractivity (Wildman–Crippen MR) is 80.5 cm³/mol. The summed E-state index contributed by atoms with van der Waals surface area (Å²) in [4.78, 5) is 4.20. The Kier molecular flexibility index (Phi) is 7.78. The van der Waals surface area contributed by atoms with Crippen molar-refractivity contribution in [3.63, 3.8) is 0 Å². The quantitative estimate of drug-likeness (QED) is 0.432. The molecule has 1 aromatic rings. The molecule has 0 amide bonds. The van der Waals surface area contributed by atoms with Crippen LogP contribution < -0.4 is 10.6 Å². The van der Waals surface area contributed by atoms with Crippen LogP contribution in [-0.2, 0) is 6.42 Å². The first-order valence-electron chi connectivity index (χ1n) is 7.19. The standard InChI is InChI=1S/C15H27N3O/c1-13(2)7-4-5-10-17-15(16-3)18-11-9-14-8-6-12-19-14/h6,8,12-13H,4-5,7,9-11H2,1-3H3,(H2,16,17,18). The molecule has 0 unspecified atom stereocenters. The van der Waals surface area contributed by atoms with E-state index in [9.17, 15) is 0 Å². The van der Waals surface area contributed by atoms with E-state index in [1.165, 1.54) is 19.3 Å². The molecule has 0 spiro atoms. The van der Waals surface area contributed by atoms with Crippen LogP contribution in [0, 0.1) is 5.92 Å². The van der Waals surface area contributed by atoms with Crippen LogP contribution in [-0.4, -0.2) is 26.1 Å². The van der Waals surface area contributed by atoms with Crippen molar-refractivity contribution in [1.82, 2.24) is 10.6 Å². The van der Waals surface area contributed by atoms with Gasteiger partial charge < -0.3 is 15.1 Å². The summed E-state index contributed by atoms with van der Waals surface area (Å²) in [6, 6.07) is 3.90. The monoisotopic (exact) mass is 265 g/mol. The average Bonchev–Trinajstić information content (AvgIpc) is 2.89. The van der Waals surface area contributed by atoms with Gasteiger partial charge in [-0.25, -0.2) is 0 Å². The molecular formula is C15H27N3O. The van der Waals surface area contributed by atoms with Crippen molar-refractivity contribution < 1.29 is 4.42 Å². The number of hydrogen-bond acceptors (Lipinski definition) is 2. The number of nitrogens with one attached hydrogen (secondary N) is 2. The molecule has 4 nitrogen and oxygen atoms in total. The van der Waals surface area contributed by atoms with E-state index in [-0.39, 0.29) is 0 Å². The van der Waals surface area contributed by atoms with Crippen LogP contribution in [0.4, 0.5) is 0 Å². The molecule has 0 radical (unpaired) electrons. The summed E-state index contributed by atoms with van der Waals surface area (Å²) in [5.74, 6) is 2.67. The molecule has 2 N–H and O–H groups in total. The third kappa shape index (κ3) is 7.54. The van der Waals surface area contributed by atoms with E-state index in [4.69, 9.17) is 4.42 Å². The smallest absolute Gasteiger partial charge is 0.190 e. The van der Waals surface area contributed by atoms with Crippen molar-refractivity contribution in [2.24, 2.45) is 10.9 Å². The molecule has 0 saturated carbocycles. The molecule has 4 heteroatoms. The number of rotatable bonds is 8. The lowest BCUT2D eigenvalue weighted by Gasteiger charge is -2.11. The summed E-state index contributed by atoms with van der Waals surface area (Å²) in [6.07, 6.45) is 6.34. The molecule has 0 aromatic carbocycles. The number of guanidine groups is 1. The molecule has 0 aliphatic heterocycles. The maximum atomic E-state index is 5.28. The Hall–Kier alpha value is -1.45. The predicted octanol–water partition coefficient (Wildman–Crippen LogP) is 2.81. The molecule has 19 heavy (non-hydrogen) atoms. The molecule has 108 valence electrons. The van der Waals surface area contributed by atoms with Gasteiger partial charge in [-0.3, -0.25) is 4.99 Å². The SMILES string of the molecule is CN=C(NCCCCC(C)C)NCCc1ccco1. The highest BCUT2D eigenvalue weighted by Crippen LogP contribution is 2.05. The lowest BCUT2D eigenvalue weighted by atomic mass is 10.1. The van der Waals surface area contributed by atoms with E-state index < -0.39 is 0 Å². The number of furan rings is 1. The van der Waals surface area contributed by atoms with Gasteiger partial charge in [0.05, 0.1) is 6.26 Å². The van der Waals surface area contributed by atoms with Crippen LogP contribution in [0.3, 0.4) is 0 Å². The van der Waals surface area contributed by atoms with Gasteiger partial charge in [0.2, 0.25) is 0 Å². The number of unbranched alkanes of at least 4 members (excludes halogenated alkanes) is 1. The first-order valence-corrected chi connectivity index (χ1v) is 7.19. The lowest BCUT2D eigenvalue weighted by molar-refractivity contribution is 0.506. The van der Waals surface area contributed by atoms with Crippen molar-refractivity contribution in [2.45, 2.75) is 39.5 Å². The molecule has 0 saturated heterocycles. The lowest BCUT2D eigenvalue weighted by Crippen LogP contribution is -2.38. The third-order valence-electron chi connectivity index (χ3n) is 2.97. The minimum Gasteiger partial charge on any atom is -0.469 e. The maximum absolute atomic E-state index is 5.28. The van der Waals surface area contributed by atoms with Crippen molar-refractivity contribution in [1.29, 1.82) is 0 Å². The van der Waals surface area contributed by atoms with Crippen LogP contribution in [0.1, 0.15) is 38.9 Å². The molecule has 0 aliphatic carbocycles. The summed E-state index contributed by atoms with van der Waals surface area (Å²) >= 11 is 0. The third-order valence-corrected chi connectivity index (χ3v) is 2.97. The van der Waals surface area contributed by atoms with Crippen LogP contribution in [0.2, 0.25) is 0 Å². The van der Waals surface area contributed by atoms with Gasteiger partial charge in [0, 0.05) is 26.6 Å². The van der Waals surface area contributed by atoms with Crippen LogP contribution in [0.25, 0.3) is 0 Å². The molecule has 1 rings (SSSR count). The fourth-order valence-corrected chi connectivity index (χ4v) is 1.86. The Morgan fingerprint density at radius 1 is 1.26 bits per heavy atom. The van der Waals surface area contributed by atoms with Crippen LogP contribution >= 0.6 is 0 Å². The highest BCUT2D eigenvalue weighted by atomic mass is 16.3. The Morgan fingerprint density at radius 2 is 2.05 bits per heavy atom. The fraction of sp³-hybridized carbons (Fsp3) is 0.667. The molecule has 1 aromatic heterocycles. The zero-order valence-electron chi connectivity index (χ0n) is 12.4. The minimum absolute atomic E-state index is 0.797. The van der Waals surface area contributed by atoms with Crippen molar-refractivity contribution in [3.05, 3.63) is 24.2 Å². The second-order valence-electron chi connectivity index (χ2n) is 5.14. The first kappa shape index (κ1) is 15.6. The highest BCUT2D eigenvalue weighted by Gasteiger charge is 1.99. The zero-order valence-corrected chi connectivity index (χ0v) is 12.4. The summed E-state index contributed by atoms with van der Waals surface area (Å²) in [7, 11) is 1.80. The summed E-state index contributed by atoms with van der Waals surface area (Å²) in [5, 5.41) is 6.62. The largest absolute Gasteiger partial charge is 0.469 e. The first-order chi connectivity index (χ1) is 9.22. The van der Waals surface area contributed by atoms with E-state index in [0.29, 0.717) is 0 Å². The van der Waals surface area contributed by atoms with Gasteiger partial charge in [-0.2, -0.15) is 0 Å². The van der Waals surface area contributed by atoms with Crippen molar-refractivity contribution in [2.75, 3.05) is 20.1 Å².